The predicted molar refractivity (Wildman–Crippen MR) is 115 cm³/mol. The highest BCUT2D eigenvalue weighted by molar-refractivity contribution is 9.10. The first-order chi connectivity index (χ1) is 13.0. The van der Waals surface area contributed by atoms with Gasteiger partial charge in [0.05, 0.1) is 21.5 Å². The Balaban J connectivity index is 1.71. The van der Waals surface area contributed by atoms with E-state index in [1.165, 1.54) is 11.8 Å². The van der Waals surface area contributed by atoms with Crippen molar-refractivity contribution < 1.29 is 4.79 Å². The molecule has 0 saturated heterocycles. The van der Waals surface area contributed by atoms with Gasteiger partial charge < -0.3 is 9.88 Å². The minimum Gasteiger partial charge on any atom is -0.324 e. The number of carbonyl (C=O) groups excluding carboxylic acids is 1. The number of thioether (sulfide) groups is 1. The van der Waals surface area contributed by atoms with E-state index >= 15 is 0 Å². The first-order valence-corrected chi connectivity index (χ1v) is 10.6. The number of halogens is 3. The van der Waals surface area contributed by atoms with Crippen molar-refractivity contribution >= 4 is 62.5 Å². The van der Waals surface area contributed by atoms with Gasteiger partial charge in [0.25, 0.3) is 0 Å². The third-order valence-corrected chi connectivity index (χ3v) is 5.79. The third-order valence-electron chi connectivity index (χ3n) is 3.69. The molecule has 9 heteroatoms. The van der Waals surface area contributed by atoms with E-state index in [-0.39, 0.29) is 11.7 Å². The predicted octanol–water partition coefficient (Wildman–Crippen LogP) is 5.77. The molecule has 0 radical (unpaired) electrons. The molecule has 1 N–H and O–H groups in total. The Morgan fingerprint density at radius 2 is 1.96 bits per heavy atom. The molecule has 1 amide bonds. The van der Waals surface area contributed by atoms with Crippen molar-refractivity contribution in [1.82, 2.24) is 14.8 Å². The molecular formula is C18H15BrCl2N4OS. The van der Waals surface area contributed by atoms with E-state index in [4.69, 9.17) is 23.2 Å². The van der Waals surface area contributed by atoms with Crippen LogP contribution in [0.5, 0.6) is 0 Å². The van der Waals surface area contributed by atoms with Gasteiger partial charge in [0.2, 0.25) is 5.91 Å². The smallest absolute Gasteiger partial charge is 0.234 e. The summed E-state index contributed by atoms with van der Waals surface area (Å²) in [5.74, 6) is 0.698. The number of hydrogen-bond acceptors (Lipinski definition) is 4. The summed E-state index contributed by atoms with van der Waals surface area (Å²) < 4.78 is 2.79. The van der Waals surface area contributed by atoms with E-state index in [1.807, 2.05) is 41.8 Å². The molecule has 0 fully saturated rings. The number of rotatable bonds is 6. The fourth-order valence-electron chi connectivity index (χ4n) is 2.43. The number of nitrogens with zero attached hydrogens (tertiary/aromatic N) is 3. The van der Waals surface area contributed by atoms with Crippen molar-refractivity contribution in [3.05, 3.63) is 57.0 Å². The quantitative estimate of drug-likeness (QED) is 0.450. The van der Waals surface area contributed by atoms with Gasteiger partial charge in [0, 0.05) is 16.6 Å². The Morgan fingerprint density at radius 3 is 2.67 bits per heavy atom. The highest BCUT2D eigenvalue weighted by Crippen LogP contribution is 2.30. The molecule has 3 rings (SSSR count). The molecule has 0 bridgehead atoms. The lowest BCUT2D eigenvalue weighted by Crippen LogP contribution is -2.15. The molecule has 1 aromatic heterocycles. The fraction of sp³-hybridized carbons (Fsp3) is 0.167. The van der Waals surface area contributed by atoms with E-state index in [1.54, 1.807) is 12.1 Å². The second kappa shape index (κ2) is 9.10. The average molecular weight is 486 g/mol. The molecule has 2 aromatic carbocycles. The summed E-state index contributed by atoms with van der Waals surface area (Å²) >= 11 is 17.1. The maximum Gasteiger partial charge on any atom is 0.234 e. The minimum absolute atomic E-state index is 0.172. The van der Waals surface area contributed by atoms with Crippen LogP contribution in [0.2, 0.25) is 10.0 Å². The molecule has 27 heavy (non-hydrogen) atoms. The topological polar surface area (TPSA) is 59.8 Å². The molecule has 0 spiro atoms. The van der Waals surface area contributed by atoms with Gasteiger partial charge in [-0.1, -0.05) is 63.0 Å². The Hall–Kier alpha value is -1.54. The maximum atomic E-state index is 12.3. The lowest BCUT2D eigenvalue weighted by molar-refractivity contribution is -0.113. The van der Waals surface area contributed by atoms with E-state index in [0.29, 0.717) is 33.3 Å². The highest BCUT2D eigenvalue weighted by Gasteiger charge is 2.16. The van der Waals surface area contributed by atoms with Crippen LogP contribution in [0.15, 0.2) is 52.1 Å². The van der Waals surface area contributed by atoms with E-state index in [2.05, 4.69) is 31.4 Å². The van der Waals surface area contributed by atoms with Crippen LogP contribution in [-0.4, -0.2) is 26.4 Å². The number of hydrogen-bond donors (Lipinski definition) is 1. The zero-order valence-electron chi connectivity index (χ0n) is 14.2. The molecular weight excluding hydrogens is 471 g/mol. The molecule has 0 saturated carbocycles. The molecule has 3 aromatic rings. The standard InChI is InChI=1S/C18H15BrCl2N4OS/c1-2-25-17(12-5-3-4-6-13(12)20)23-24-18(25)27-10-16(26)22-15-8-7-11(19)9-14(15)21/h3-9H,2,10H2,1H3,(H,22,26). The Kier molecular flexibility index (Phi) is 6.81. The van der Waals surface area contributed by atoms with Crippen LogP contribution in [0.25, 0.3) is 11.4 Å². The fourth-order valence-corrected chi connectivity index (χ4v) is 4.17. The van der Waals surface area contributed by atoms with Gasteiger partial charge in [-0.05, 0) is 37.3 Å². The summed E-state index contributed by atoms with van der Waals surface area (Å²) in [7, 11) is 0. The van der Waals surface area contributed by atoms with Crippen molar-refractivity contribution in [2.45, 2.75) is 18.6 Å². The zero-order chi connectivity index (χ0) is 19.4. The summed E-state index contributed by atoms with van der Waals surface area (Å²) in [6.45, 7) is 2.66. The normalized spacial score (nSPS) is 10.8. The zero-order valence-corrected chi connectivity index (χ0v) is 18.2. The van der Waals surface area contributed by atoms with Crippen LogP contribution in [0.1, 0.15) is 6.92 Å². The number of nitrogens with one attached hydrogen (secondary N) is 1. The molecule has 5 nitrogen and oxygen atoms in total. The van der Waals surface area contributed by atoms with Crippen molar-refractivity contribution in [2.24, 2.45) is 0 Å². The van der Waals surface area contributed by atoms with Crippen molar-refractivity contribution in [3.63, 3.8) is 0 Å². The molecule has 1 heterocycles. The summed E-state index contributed by atoms with van der Waals surface area (Å²) in [6.07, 6.45) is 0. The van der Waals surface area contributed by atoms with Gasteiger partial charge in [-0.2, -0.15) is 0 Å². The van der Waals surface area contributed by atoms with Crippen LogP contribution in [0.4, 0.5) is 5.69 Å². The van der Waals surface area contributed by atoms with Crippen LogP contribution in [0.3, 0.4) is 0 Å². The lowest BCUT2D eigenvalue weighted by Gasteiger charge is -2.09. The minimum atomic E-state index is -0.172. The first kappa shape index (κ1) is 20.2. The Labute approximate surface area is 179 Å². The van der Waals surface area contributed by atoms with Crippen LogP contribution >= 0.6 is 50.9 Å². The number of carbonyl (C=O) groups is 1. The SMILES string of the molecule is CCn1c(SCC(=O)Nc2ccc(Br)cc2Cl)nnc1-c1ccccc1Cl. The molecule has 0 atom stereocenters. The van der Waals surface area contributed by atoms with Crippen molar-refractivity contribution in [1.29, 1.82) is 0 Å². The molecule has 0 aliphatic rings. The molecule has 0 aliphatic heterocycles. The summed E-state index contributed by atoms with van der Waals surface area (Å²) in [5, 5.41) is 13.0. The van der Waals surface area contributed by atoms with Crippen molar-refractivity contribution in [2.75, 3.05) is 11.1 Å². The monoisotopic (exact) mass is 484 g/mol. The Bertz CT molecular complexity index is 980. The first-order valence-electron chi connectivity index (χ1n) is 8.05. The molecule has 0 unspecified atom stereocenters. The van der Waals surface area contributed by atoms with Crippen LogP contribution in [-0.2, 0) is 11.3 Å². The number of benzene rings is 2. The van der Waals surface area contributed by atoms with E-state index in [0.717, 1.165) is 10.0 Å². The third kappa shape index (κ3) is 4.85. The van der Waals surface area contributed by atoms with Gasteiger partial charge in [-0.3, -0.25) is 4.79 Å². The number of aromatic nitrogens is 3. The second-order valence-electron chi connectivity index (χ2n) is 5.49. The lowest BCUT2D eigenvalue weighted by atomic mass is 10.2. The highest BCUT2D eigenvalue weighted by atomic mass is 79.9. The summed E-state index contributed by atoms with van der Waals surface area (Å²) in [6, 6.07) is 12.8. The van der Waals surface area contributed by atoms with Gasteiger partial charge in [0.1, 0.15) is 0 Å². The number of anilines is 1. The molecule has 140 valence electrons. The van der Waals surface area contributed by atoms with Gasteiger partial charge in [-0.15, -0.1) is 10.2 Å². The summed E-state index contributed by atoms with van der Waals surface area (Å²) in [5.41, 5.74) is 1.38. The van der Waals surface area contributed by atoms with Gasteiger partial charge in [-0.25, -0.2) is 0 Å². The van der Waals surface area contributed by atoms with Crippen LogP contribution in [0, 0.1) is 0 Å². The van der Waals surface area contributed by atoms with Crippen LogP contribution < -0.4 is 5.32 Å². The van der Waals surface area contributed by atoms with Gasteiger partial charge >= 0.3 is 0 Å². The largest absolute Gasteiger partial charge is 0.324 e. The maximum absolute atomic E-state index is 12.3. The van der Waals surface area contributed by atoms with Gasteiger partial charge in [0.15, 0.2) is 11.0 Å². The van der Waals surface area contributed by atoms with E-state index in [9.17, 15) is 4.79 Å². The average Bonchev–Trinajstić information content (AvgIpc) is 3.05. The summed E-state index contributed by atoms with van der Waals surface area (Å²) in [4.78, 5) is 12.3. The Morgan fingerprint density at radius 1 is 1.19 bits per heavy atom. The van der Waals surface area contributed by atoms with Crippen molar-refractivity contribution in [3.8, 4) is 11.4 Å². The number of amides is 1. The van der Waals surface area contributed by atoms with E-state index < -0.39 is 0 Å². The molecule has 0 aliphatic carbocycles. The second-order valence-corrected chi connectivity index (χ2v) is 8.16.